The highest BCUT2D eigenvalue weighted by atomic mass is 35.5. The van der Waals surface area contributed by atoms with Crippen molar-refractivity contribution in [3.05, 3.63) is 47.5 Å². The summed E-state index contributed by atoms with van der Waals surface area (Å²) in [6.45, 7) is 3.91. The van der Waals surface area contributed by atoms with E-state index in [2.05, 4.69) is 4.98 Å². The summed E-state index contributed by atoms with van der Waals surface area (Å²) < 4.78 is 1.87. The fraction of sp³-hybridized carbons (Fsp3) is 0.250. The highest BCUT2D eigenvalue weighted by Crippen LogP contribution is 2.26. The van der Waals surface area contributed by atoms with Gasteiger partial charge >= 0.3 is 0 Å². The van der Waals surface area contributed by atoms with Gasteiger partial charge in [-0.15, -0.1) is 0 Å². The largest absolute Gasteiger partial charge is 0.322 e. The minimum absolute atomic E-state index is 0.378. The van der Waals surface area contributed by atoms with Crippen LogP contribution in [0.3, 0.4) is 0 Å². The van der Waals surface area contributed by atoms with Crippen molar-refractivity contribution in [3.63, 3.8) is 0 Å². The molecule has 0 aliphatic rings. The lowest BCUT2D eigenvalue weighted by Crippen LogP contribution is -2.28. The summed E-state index contributed by atoms with van der Waals surface area (Å²) in [5, 5.41) is 0.675. The maximum Gasteiger partial charge on any atom is 0.0992 e. The Bertz CT molecular complexity index is 483. The third kappa shape index (κ3) is 2.10. The zero-order valence-electron chi connectivity index (χ0n) is 9.31. The van der Waals surface area contributed by atoms with Gasteiger partial charge in [0.2, 0.25) is 0 Å². The molecule has 0 radical (unpaired) electrons. The normalized spacial score (nSPS) is 11.8. The molecule has 1 aromatic heterocycles. The Morgan fingerprint density at radius 1 is 1.38 bits per heavy atom. The molecule has 2 N–H and O–H groups in total. The van der Waals surface area contributed by atoms with Gasteiger partial charge in [-0.05, 0) is 31.5 Å². The Morgan fingerprint density at radius 2 is 2.12 bits per heavy atom. The molecule has 1 aromatic carbocycles. The summed E-state index contributed by atoms with van der Waals surface area (Å²) in [5.41, 5.74) is 7.56. The van der Waals surface area contributed by atoms with E-state index in [1.54, 1.807) is 12.5 Å². The standard InChI is InChI=1S/C12H14ClN3/c1-12(2,14)9-3-4-11(10(13)7-9)16-6-5-15-8-16/h3-8H,14H2,1-2H3. The molecule has 1 heterocycles. The quantitative estimate of drug-likeness (QED) is 0.870. The van der Waals surface area contributed by atoms with Crippen molar-refractivity contribution in [2.75, 3.05) is 0 Å². The van der Waals surface area contributed by atoms with Gasteiger partial charge in [0.05, 0.1) is 17.0 Å². The van der Waals surface area contributed by atoms with Crippen LogP contribution in [0.15, 0.2) is 36.9 Å². The molecule has 4 heteroatoms. The molecule has 0 aliphatic heterocycles. The van der Waals surface area contributed by atoms with E-state index in [1.807, 2.05) is 42.8 Å². The van der Waals surface area contributed by atoms with Crippen molar-refractivity contribution in [1.82, 2.24) is 9.55 Å². The van der Waals surface area contributed by atoms with Crippen LogP contribution in [-0.2, 0) is 5.54 Å². The predicted octanol–water partition coefficient (Wildman–Crippen LogP) is 2.72. The van der Waals surface area contributed by atoms with Crippen molar-refractivity contribution in [2.45, 2.75) is 19.4 Å². The fourth-order valence-corrected chi connectivity index (χ4v) is 1.80. The van der Waals surface area contributed by atoms with Gasteiger partial charge in [-0.1, -0.05) is 17.7 Å². The first-order valence-corrected chi connectivity index (χ1v) is 5.43. The molecule has 0 saturated heterocycles. The van der Waals surface area contributed by atoms with Crippen LogP contribution in [0.25, 0.3) is 5.69 Å². The summed E-state index contributed by atoms with van der Waals surface area (Å²) >= 11 is 6.22. The molecule has 16 heavy (non-hydrogen) atoms. The molecular formula is C12H14ClN3. The Kier molecular flexibility index (Phi) is 2.74. The molecule has 0 unspecified atom stereocenters. The Morgan fingerprint density at radius 3 is 2.62 bits per heavy atom. The van der Waals surface area contributed by atoms with Gasteiger partial charge < -0.3 is 10.3 Å². The third-order valence-electron chi connectivity index (χ3n) is 2.47. The van der Waals surface area contributed by atoms with Gasteiger partial charge in [-0.3, -0.25) is 0 Å². The lowest BCUT2D eigenvalue weighted by Gasteiger charge is -2.20. The van der Waals surface area contributed by atoms with E-state index in [9.17, 15) is 0 Å². The lowest BCUT2D eigenvalue weighted by molar-refractivity contribution is 0.554. The number of hydrogen-bond acceptors (Lipinski definition) is 2. The number of nitrogens with zero attached hydrogens (tertiary/aromatic N) is 2. The maximum absolute atomic E-state index is 6.22. The van der Waals surface area contributed by atoms with Crippen LogP contribution in [0, 0.1) is 0 Å². The van der Waals surface area contributed by atoms with Gasteiger partial charge in [0.25, 0.3) is 0 Å². The van der Waals surface area contributed by atoms with Crippen molar-refractivity contribution < 1.29 is 0 Å². The average Bonchev–Trinajstić information content (AvgIpc) is 2.69. The van der Waals surface area contributed by atoms with Crippen LogP contribution >= 0.6 is 11.6 Å². The number of benzene rings is 1. The van der Waals surface area contributed by atoms with Crippen LogP contribution in [0.2, 0.25) is 5.02 Å². The zero-order chi connectivity index (χ0) is 11.8. The summed E-state index contributed by atoms with van der Waals surface area (Å²) in [4.78, 5) is 3.99. The molecule has 2 aromatic rings. The highest BCUT2D eigenvalue weighted by Gasteiger charge is 2.15. The van der Waals surface area contributed by atoms with Crippen molar-refractivity contribution in [3.8, 4) is 5.69 Å². The molecule has 3 nitrogen and oxygen atoms in total. The second-order valence-electron chi connectivity index (χ2n) is 4.36. The first-order valence-electron chi connectivity index (χ1n) is 5.06. The number of imidazole rings is 1. The molecule has 0 saturated carbocycles. The molecule has 0 bridgehead atoms. The lowest BCUT2D eigenvalue weighted by atomic mass is 9.95. The van der Waals surface area contributed by atoms with Crippen LogP contribution in [-0.4, -0.2) is 9.55 Å². The van der Waals surface area contributed by atoms with Crippen LogP contribution in [0.5, 0.6) is 0 Å². The Labute approximate surface area is 99.9 Å². The van der Waals surface area contributed by atoms with E-state index in [4.69, 9.17) is 17.3 Å². The van der Waals surface area contributed by atoms with Gasteiger partial charge in [0.15, 0.2) is 0 Å². The smallest absolute Gasteiger partial charge is 0.0992 e. The van der Waals surface area contributed by atoms with E-state index in [0.717, 1.165) is 11.3 Å². The molecule has 0 atom stereocenters. The van der Waals surface area contributed by atoms with E-state index < -0.39 is 0 Å². The minimum atomic E-state index is -0.378. The van der Waals surface area contributed by atoms with Crippen LogP contribution in [0.4, 0.5) is 0 Å². The summed E-state index contributed by atoms with van der Waals surface area (Å²) in [6, 6.07) is 5.84. The van der Waals surface area contributed by atoms with Gasteiger partial charge in [-0.25, -0.2) is 4.98 Å². The molecule has 0 fully saturated rings. The summed E-state index contributed by atoms with van der Waals surface area (Å²) in [5.74, 6) is 0. The molecular weight excluding hydrogens is 222 g/mol. The molecule has 0 aliphatic carbocycles. The molecule has 0 amide bonds. The zero-order valence-corrected chi connectivity index (χ0v) is 10.1. The van der Waals surface area contributed by atoms with Crippen molar-refractivity contribution in [2.24, 2.45) is 5.73 Å². The number of hydrogen-bond donors (Lipinski definition) is 1. The number of aromatic nitrogens is 2. The highest BCUT2D eigenvalue weighted by molar-refractivity contribution is 6.32. The summed E-state index contributed by atoms with van der Waals surface area (Å²) in [6.07, 6.45) is 5.29. The maximum atomic E-state index is 6.22. The second kappa shape index (κ2) is 3.92. The van der Waals surface area contributed by atoms with Gasteiger partial charge in [0.1, 0.15) is 0 Å². The number of rotatable bonds is 2. The molecule has 0 spiro atoms. The van der Waals surface area contributed by atoms with E-state index >= 15 is 0 Å². The molecule has 84 valence electrons. The Balaban J connectivity index is 2.46. The van der Waals surface area contributed by atoms with E-state index in [0.29, 0.717) is 5.02 Å². The number of nitrogens with two attached hydrogens (primary N) is 1. The van der Waals surface area contributed by atoms with Crippen LogP contribution < -0.4 is 5.73 Å². The van der Waals surface area contributed by atoms with Crippen molar-refractivity contribution >= 4 is 11.6 Å². The third-order valence-corrected chi connectivity index (χ3v) is 2.78. The minimum Gasteiger partial charge on any atom is -0.322 e. The molecule has 2 rings (SSSR count). The summed E-state index contributed by atoms with van der Waals surface area (Å²) in [7, 11) is 0. The first-order chi connectivity index (χ1) is 7.48. The fourth-order valence-electron chi connectivity index (χ4n) is 1.52. The average molecular weight is 236 g/mol. The first kappa shape index (κ1) is 11.2. The second-order valence-corrected chi connectivity index (χ2v) is 4.77. The van der Waals surface area contributed by atoms with Gasteiger partial charge in [-0.2, -0.15) is 0 Å². The van der Waals surface area contributed by atoms with Crippen LogP contribution in [0.1, 0.15) is 19.4 Å². The van der Waals surface area contributed by atoms with Crippen molar-refractivity contribution in [1.29, 1.82) is 0 Å². The van der Waals surface area contributed by atoms with E-state index in [1.165, 1.54) is 0 Å². The topological polar surface area (TPSA) is 43.8 Å². The number of halogens is 1. The van der Waals surface area contributed by atoms with Gasteiger partial charge in [0, 0.05) is 17.9 Å². The van der Waals surface area contributed by atoms with E-state index in [-0.39, 0.29) is 5.54 Å². The Hall–Kier alpha value is -1.32. The monoisotopic (exact) mass is 235 g/mol. The predicted molar refractivity (Wildman–Crippen MR) is 65.8 cm³/mol. The SMILES string of the molecule is CC(C)(N)c1ccc(-n2ccnc2)c(Cl)c1.